The monoisotopic (exact) mass is 319 g/mol. The van der Waals surface area contributed by atoms with Crippen LogP contribution < -0.4 is 10.6 Å². The highest BCUT2D eigenvalue weighted by molar-refractivity contribution is 5.85. The highest BCUT2D eigenvalue weighted by Crippen LogP contribution is 2.39. The lowest BCUT2D eigenvalue weighted by molar-refractivity contribution is -0.388. The van der Waals surface area contributed by atoms with Crippen molar-refractivity contribution in [2.45, 2.75) is 18.2 Å². The van der Waals surface area contributed by atoms with Gasteiger partial charge in [-0.2, -0.15) is 13.2 Å². The molecule has 120 valence electrons. The van der Waals surface area contributed by atoms with Gasteiger partial charge in [-0.1, -0.05) is 0 Å². The third-order valence-electron chi connectivity index (χ3n) is 3.55. The van der Waals surface area contributed by atoms with Crippen molar-refractivity contribution < 1.29 is 28.0 Å². The topological polar surface area (TPSA) is 110 Å². The van der Waals surface area contributed by atoms with Gasteiger partial charge in [0.05, 0.1) is 11.5 Å². The summed E-state index contributed by atoms with van der Waals surface area (Å²) in [6.07, 6.45) is -4.92. The number of carbonyl (C=O) groups excluding carboxylic acids is 1. The van der Waals surface area contributed by atoms with Gasteiger partial charge < -0.3 is 15.7 Å². The van der Waals surface area contributed by atoms with E-state index >= 15 is 0 Å². The van der Waals surface area contributed by atoms with E-state index in [1.165, 1.54) is 4.90 Å². The minimum absolute atomic E-state index is 0.0232. The van der Waals surface area contributed by atoms with Crippen molar-refractivity contribution in [2.24, 2.45) is 5.73 Å². The maximum atomic E-state index is 12.9. The molecule has 1 saturated heterocycles. The molecule has 2 rings (SSSR count). The van der Waals surface area contributed by atoms with Crippen molar-refractivity contribution in [3.05, 3.63) is 33.9 Å². The summed E-state index contributed by atoms with van der Waals surface area (Å²) in [6.45, 7) is -0.161. The summed E-state index contributed by atoms with van der Waals surface area (Å²) in [5.74, 6) is -0.965. The van der Waals surface area contributed by atoms with Crippen LogP contribution in [0.2, 0.25) is 0 Å². The summed E-state index contributed by atoms with van der Waals surface area (Å²) in [4.78, 5) is 22.0. The van der Waals surface area contributed by atoms with Crippen molar-refractivity contribution in [1.82, 2.24) is 0 Å². The van der Waals surface area contributed by atoms with Gasteiger partial charge in [0.2, 0.25) is 0 Å². The molecule has 0 aromatic heterocycles. The van der Waals surface area contributed by atoms with Crippen molar-refractivity contribution in [1.29, 1.82) is 0 Å². The van der Waals surface area contributed by atoms with Crippen LogP contribution in [0.4, 0.5) is 24.5 Å². The predicted octanol–water partition coefficient (Wildman–Crippen LogP) is 1.04. The number of β-amino-alcohol motifs (C(OH)–C–C–N with tert-alkyl or cyclic N) is 1. The largest absolute Gasteiger partial charge is 0.423 e. The first-order valence-corrected chi connectivity index (χ1v) is 6.17. The van der Waals surface area contributed by atoms with E-state index in [9.17, 15) is 33.2 Å². The van der Waals surface area contributed by atoms with Gasteiger partial charge in [-0.05, 0) is 12.1 Å². The normalized spacial score (nSPS) is 21.9. The van der Waals surface area contributed by atoms with Gasteiger partial charge in [0.15, 0.2) is 5.60 Å². The number of nitro benzene ring substituents is 1. The van der Waals surface area contributed by atoms with E-state index in [1.54, 1.807) is 0 Å². The first-order valence-electron chi connectivity index (χ1n) is 6.17. The quantitative estimate of drug-likeness (QED) is 0.639. The van der Waals surface area contributed by atoms with Gasteiger partial charge in [-0.15, -0.1) is 0 Å². The maximum Gasteiger partial charge on any atom is 0.423 e. The number of carbonyl (C=O) groups is 1. The predicted molar refractivity (Wildman–Crippen MR) is 69.1 cm³/mol. The molecule has 3 N–H and O–H groups in total. The Bertz CT molecular complexity index is 635. The summed E-state index contributed by atoms with van der Waals surface area (Å²) in [5.41, 5.74) is 0.815. The lowest BCUT2D eigenvalue weighted by atomic mass is 10.0. The Morgan fingerprint density at radius 3 is 2.55 bits per heavy atom. The molecule has 0 aliphatic carbocycles. The number of anilines is 1. The molecule has 0 bridgehead atoms. The minimum atomic E-state index is -4.89. The van der Waals surface area contributed by atoms with Crippen LogP contribution in [0.15, 0.2) is 18.2 Å². The van der Waals surface area contributed by atoms with Crippen molar-refractivity contribution >= 4 is 17.3 Å². The second kappa shape index (κ2) is 5.13. The van der Waals surface area contributed by atoms with Crippen LogP contribution in [0.25, 0.3) is 0 Å². The molecule has 0 unspecified atom stereocenters. The van der Waals surface area contributed by atoms with Gasteiger partial charge >= 0.3 is 6.18 Å². The van der Waals surface area contributed by atoms with Crippen molar-refractivity contribution in [3.63, 3.8) is 0 Å². The Labute approximate surface area is 122 Å². The molecule has 1 aromatic carbocycles. The minimum Gasteiger partial charge on any atom is -0.378 e. The lowest BCUT2D eigenvalue weighted by Crippen LogP contribution is -2.46. The number of benzene rings is 1. The van der Waals surface area contributed by atoms with Crippen LogP contribution in [0.5, 0.6) is 0 Å². The molecule has 1 amide bonds. The zero-order valence-electron chi connectivity index (χ0n) is 11.1. The third-order valence-corrected chi connectivity index (χ3v) is 3.55. The Morgan fingerprint density at radius 2 is 2.09 bits per heavy atom. The van der Waals surface area contributed by atoms with Crippen molar-refractivity contribution in [3.8, 4) is 0 Å². The van der Waals surface area contributed by atoms with Crippen LogP contribution in [-0.2, 0) is 11.0 Å². The Balaban J connectivity index is 2.39. The standard InChI is InChI=1S/C12H12F3N3O4/c13-12(14,15)8-5-7(1-2-9(8)18(21)22)17-4-3-11(20,6-17)10(16)19/h1-2,5,20H,3-4,6H2,(H2,16,19)/t11-/m0/s1. The molecule has 10 heteroatoms. The van der Waals surface area contributed by atoms with Gasteiger partial charge in [0, 0.05) is 24.7 Å². The number of rotatable bonds is 3. The summed E-state index contributed by atoms with van der Waals surface area (Å²) in [7, 11) is 0. The summed E-state index contributed by atoms with van der Waals surface area (Å²) in [6, 6.07) is 2.52. The van der Waals surface area contributed by atoms with E-state index in [-0.39, 0.29) is 25.2 Å². The Kier molecular flexibility index (Phi) is 3.73. The van der Waals surface area contributed by atoms with E-state index in [0.717, 1.165) is 12.1 Å². The summed E-state index contributed by atoms with van der Waals surface area (Å²) < 4.78 is 38.7. The highest BCUT2D eigenvalue weighted by atomic mass is 19.4. The fourth-order valence-corrected chi connectivity index (χ4v) is 2.32. The molecule has 1 aliphatic rings. The SMILES string of the molecule is NC(=O)[C@]1(O)CCN(c2ccc([N+](=O)[O-])c(C(F)(F)F)c2)C1. The van der Waals surface area contributed by atoms with Crippen LogP contribution in [-0.4, -0.2) is 34.6 Å². The number of nitrogens with zero attached hydrogens (tertiary/aromatic N) is 2. The van der Waals surface area contributed by atoms with Gasteiger partial charge in [-0.3, -0.25) is 14.9 Å². The van der Waals surface area contributed by atoms with Crippen LogP contribution in [0, 0.1) is 10.1 Å². The zero-order valence-corrected chi connectivity index (χ0v) is 11.1. The number of primary amides is 1. The number of nitrogens with two attached hydrogens (primary N) is 1. The fraction of sp³-hybridized carbons (Fsp3) is 0.417. The van der Waals surface area contributed by atoms with E-state index in [4.69, 9.17) is 5.73 Å². The van der Waals surface area contributed by atoms with E-state index in [0.29, 0.717) is 6.07 Å². The first-order chi connectivity index (χ1) is 10.0. The molecule has 0 radical (unpaired) electrons. The number of amides is 1. The third kappa shape index (κ3) is 2.82. The van der Waals surface area contributed by atoms with Crippen LogP contribution in [0.1, 0.15) is 12.0 Å². The average Bonchev–Trinajstić information content (AvgIpc) is 2.81. The van der Waals surface area contributed by atoms with E-state index in [1.807, 2.05) is 0 Å². The van der Waals surface area contributed by atoms with Gasteiger partial charge in [0.25, 0.3) is 11.6 Å². The number of nitro groups is 1. The molecule has 0 spiro atoms. The Hall–Kier alpha value is -2.36. The molecule has 0 saturated carbocycles. The molecule has 7 nitrogen and oxygen atoms in total. The first kappa shape index (κ1) is 16.0. The molecule has 1 aliphatic heterocycles. The molecule has 22 heavy (non-hydrogen) atoms. The molecule has 1 atom stereocenters. The van der Waals surface area contributed by atoms with Crippen LogP contribution >= 0.6 is 0 Å². The summed E-state index contributed by atoms with van der Waals surface area (Å²) >= 11 is 0. The molecule has 1 heterocycles. The molecular weight excluding hydrogens is 307 g/mol. The lowest BCUT2D eigenvalue weighted by Gasteiger charge is -2.22. The highest BCUT2D eigenvalue weighted by Gasteiger charge is 2.43. The van der Waals surface area contributed by atoms with Gasteiger partial charge in [0.1, 0.15) is 5.56 Å². The number of hydrogen-bond acceptors (Lipinski definition) is 5. The Morgan fingerprint density at radius 1 is 1.45 bits per heavy atom. The van der Waals surface area contributed by atoms with Crippen molar-refractivity contribution in [2.75, 3.05) is 18.0 Å². The number of alkyl halides is 3. The maximum absolute atomic E-state index is 12.9. The van der Waals surface area contributed by atoms with Crippen LogP contribution in [0.3, 0.4) is 0 Å². The van der Waals surface area contributed by atoms with E-state index < -0.39 is 33.9 Å². The fourth-order valence-electron chi connectivity index (χ4n) is 2.32. The number of hydrogen-bond donors (Lipinski definition) is 2. The molecular formula is C12H12F3N3O4. The molecule has 1 aromatic rings. The smallest absolute Gasteiger partial charge is 0.378 e. The summed E-state index contributed by atoms with van der Waals surface area (Å²) in [5, 5.41) is 20.6. The second-order valence-corrected chi connectivity index (χ2v) is 5.02. The van der Waals surface area contributed by atoms with E-state index in [2.05, 4.69) is 0 Å². The average molecular weight is 319 g/mol. The number of halogens is 3. The second-order valence-electron chi connectivity index (χ2n) is 5.02. The molecule has 1 fully saturated rings. The van der Waals surface area contributed by atoms with Gasteiger partial charge in [-0.25, -0.2) is 0 Å². The zero-order chi connectivity index (χ0) is 16.7. The number of aliphatic hydroxyl groups is 1.